The van der Waals surface area contributed by atoms with Crippen LogP contribution in [-0.4, -0.2) is 25.4 Å². The van der Waals surface area contributed by atoms with Crippen LogP contribution >= 0.6 is 0 Å². The van der Waals surface area contributed by atoms with Gasteiger partial charge in [-0.25, -0.2) is 0 Å². The third-order valence-corrected chi connectivity index (χ3v) is 3.50. The summed E-state index contributed by atoms with van der Waals surface area (Å²) in [6.45, 7) is 2.20. The van der Waals surface area contributed by atoms with Gasteiger partial charge < -0.3 is 16.0 Å². The van der Waals surface area contributed by atoms with Gasteiger partial charge in [-0.05, 0) is 30.7 Å². The molecule has 0 heterocycles. The van der Waals surface area contributed by atoms with Crippen LogP contribution in [0.2, 0.25) is 0 Å². The summed E-state index contributed by atoms with van der Waals surface area (Å²) in [5.74, 6) is -0.334. The topological polar surface area (TPSA) is 70.2 Å². The van der Waals surface area contributed by atoms with Gasteiger partial charge in [0.05, 0.1) is 6.54 Å². The summed E-state index contributed by atoms with van der Waals surface area (Å²) in [5.41, 5.74) is 2.24. The van der Waals surface area contributed by atoms with Crippen molar-refractivity contribution in [3.05, 3.63) is 65.7 Å². The Morgan fingerprint density at radius 2 is 1.78 bits per heavy atom. The van der Waals surface area contributed by atoms with Crippen LogP contribution in [0.3, 0.4) is 0 Å². The highest BCUT2D eigenvalue weighted by Gasteiger charge is 2.09. The van der Waals surface area contributed by atoms with E-state index in [4.69, 9.17) is 0 Å². The van der Waals surface area contributed by atoms with E-state index in [0.29, 0.717) is 11.3 Å². The minimum atomic E-state index is -0.183. The van der Waals surface area contributed by atoms with Gasteiger partial charge in [-0.15, -0.1) is 0 Å². The van der Waals surface area contributed by atoms with Gasteiger partial charge >= 0.3 is 0 Å². The Kier molecular flexibility index (Phi) is 5.88. The van der Waals surface area contributed by atoms with Crippen LogP contribution in [0, 0.1) is 0 Å². The molecule has 0 aromatic heterocycles. The summed E-state index contributed by atoms with van der Waals surface area (Å²) in [4.78, 5) is 23.6. The van der Waals surface area contributed by atoms with Gasteiger partial charge in [0, 0.05) is 24.3 Å². The molecule has 0 saturated carbocycles. The van der Waals surface area contributed by atoms with E-state index in [1.807, 2.05) is 37.3 Å². The summed E-state index contributed by atoms with van der Waals surface area (Å²) in [6, 6.07) is 16.9. The number of carbonyl (C=O) groups is 2. The highest BCUT2D eigenvalue weighted by atomic mass is 16.2. The lowest BCUT2D eigenvalue weighted by Crippen LogP contribution is -2.30. The molecule has 5 nitrogen and oxygen atoms in total. The van der Waals surface area contributed by atoms with Crippen LogP contribution in [0.15, 0.2) is 54.6 Å². The highest BCUT2D eigenvalue weighted by molar-refractivity contribution is 5.97. The molecule has 2 aromatic rings. The van der Waals surface area contributed by atoms with Crippen molar-refractivity contribution in [3.8, 4) is 0 Å². The van der Waals surface area contributed by atoms with Gasteiger partial charge in [0.15, 0.2) is 0 Å². The molecule has 0 aliphatic carbocycles. The van der Waals surface area contributed by atoms with Crippen LogP contribution < -0.4 is 16.0 Å². The second-order valence-electron chi connectivity index (χ2n) is 5.22. The fourth-order valence-electron chi connectivity index (χ4n) is 2.19. The summed E-state index contributed by atoms with van der Waals surface area (Å²) in [6.07, 6.45) is 0. The predicted molar refractivity (Wildman–Crippen MR) is 91.3 cm³/mol. The molecule has 120 valence electrons. The molecule has 3 N–H and O–H groups in total. The van der Waals surface area contributed by atoms with Crippen molar-refractivity contribution >= 4 is 17.5 Å². The Hall–Kier alpha value is -2.66. The number of benzene rings is 2. The molecule has 0 bridgehead atoms. The maximum absolute atomic E-state index is 12.0. The van der Waals surface area contributed by atoms with Crippen LogP contribution in [0.1, 0.15) is 28.9 Å². The molecule has 2 aromatic carbocycles. The fourth-order valence-corrected chi connectivity index (χ4v) is 2.19. The SMILES string of the molecule is CNC(=O)c1cccc(NC(=O)CNC(C)c2ccccc2)c1. The van der Waals surface area contributed by atoms with E-state index < -0.39 is 0 Å². The van der Waals surface area contributed by atoms with Crippen molar-refractivity contribution in [1.82, 2.24) is 10.6 Å². The molecule has 0 radical (unpaired) electrons. The second-order valence-corrected chi connectivity index (χ2v) is 5.22. The molecule has 23 heavy (non-hydrogen) atoms. The van der Waals surface area contributed by atoms with E-state index >= 15 is 0 Å². The standard InChI is InChI=1S/C18H21N3O2/c1-13(14-7-4-3-5-8-14)20-12-17(22)21-16-10-6-9-15(11-16)18(23)19-2/h3-11,13,20H,12H2,1-2H3,(H,19,23)(H,21,22). The average Bonchev–Trinajstić information content (AvgIpc) is 2.60. The zero-order valence-electron chi connectivity index (χ0n) is 13.3. The lowest BCUT2D eigenvalue weighted by Gasteiger charge is -2.14. The highest BCUT2D eigenvalue weighted by Crippen LogP contribution is 2.12. The van der Waals surface area contributed by atoms with E-state index in [-0.39, 0.29) is 24.4 Å². The van der Waals surface area contributed by atoms with E-state index in [0.717, 1.165) is 5.56 Å². The number of carbonyl (C=O) groups excluding carboxylic acids is 2. The number of rotatable bonds is 6. The minimum Gasteiger partial charge on any atom is -0.355 e. The molecule has 0 aliphatic rings. The van der Waals surface area contributed by atoms with E-state index in [1.54, 1.807) is 31.3 Å². The molecule has 2 amide bonds. The van der Waals surface area contributed by atoms with Gasteiger partial charge in [-0.1, -0.05) is 36.4 Å². The average molecular weight is 311 g/mol. The lowest BCUT2D eigenvalue weighted by molar-refractivity contribution is -0.115. The quantitative estimate of drug-likeness (QED) is 0.767. The molecule has 2 rings (SSSR count). The normalized spacial score (nSPS) is 11.6. The summed E-state index contributed by atoms with van der Waals surface area (Å²) >= 11 is 0. The van der Waals surface area contributed by atoms with E-state index in [9.17, 15) is 9.59 Å². The Bertz CT molecular complexity index is 671. The van der Waals surface area contributed by atoms with Gasteiger partial charge in [-0.3, -0.25) is 9.59 Å². The first-order valence-corrected chi connectivity index (χ1v) is 7.50. The fraction of sp³-hybridized carbons (Fsp3) is 0.222. The Morgan fingerprint density at radius 1 is 1.04 bits per heavy atom. The van der Waals surface area contributed by atoms with Crippen molar-refractivity contribution in [2.75, 3.05) is 18.9 Å². The first kappa shape index (κ1) is 16.7. The molecule has 1 atom stereocenters. The number of hydrogen-bond donors (Lipinski definition) is 3. The maximum Gasteiger partial charge on any atom is 0.251 e. The van der Waals surface area contributed by atoms with Gasteiger partial charge in [0.25, 0.3) is 5.91 Å². The summed E-state index contributed by atoms with van der Waals surface area (Å²) < 4.78 is 0. The van der Waals surface area contributed by atoms with E-state index in [2.05, 4.69) is 16.0 Å². The Labute approximate surface area is 136 Å². The Morgan fingerprint density at radius 3 is 2.48 bits per heavy atom. The minimum absolute atomic E-state index is 0.0825. The molecule has 0 fully saturated rings. The monoisotopic (exact) mass is 311 g/mol. The molecule has 0 saturated heterocycles. The van der Waals surface area contributed by atoms with Gasteiger partial charge in [0.1, 0.15) is 0 Å². The number of nitrogens with one attached hydrogen (secondary N) is 3. The molecular weight excluding hydrogens is 290 g/mol. The first-order valence-electron chi connectivity index (χ1n) is 7.50. The van der Waals surface area contributed by atoms with Crippen LogP contribution in [-0.2, 0) is 4.79 Å². The van der Waals surface area contributed by atoms with Crippen molar-refractivity contribution in [2.45, 2.75) is 13.0 Å². The number of amides is 2. The first-order chi connectivity index (χ1) is 11.1. The third kappa shape index (κ3) is 4.93. The maximum atomic E-state index is 12.0. The summed E-state index contributed by atoms with van der Waals surface area (Å²) in [7, 11) is 1.57. The smallest absolute Gasteiger partial charge is 0.251 e. The second kappa shape index (κ2) is 8.10. The van der Waals surface area contributed by atoms with Crippen LogP contribution in [0.4, 0.5) is 5.69 Å². The van der Waals surface area contributed by atoms with Crippen molar-refractivity contribution in [2.24, 2.45) is 0 Å². The predicted octanol–water partition coefficient (Wildman–Crippen LogP) is 2.34. The van der Waals surface area contributed by atoms with Gasteiger partial charge in [-0.2, -0.15) is 0 Å². The molecule has 0 aliphatic heterocycles. The van der Waals surface area contributed by atoms with Gasteiger partial charge in [0.2, 0.25) is 5.91 Å². The zero-order chi connectivity index (χ0) is 16.7. The van der Waals surface area contributed by atoms with Crippen LogP contribution in [0.5, 0.6) is 0 Å². The molecule has 5 heteroatoms. The zero-order valence-corrected chi connectivity index (χ0v) is 13.3. The van der Waals surface area contributed by atoms with Crippen molar-refractivity contribution in [3.63, 3.8) is 0 Å². The Balaban J connectivity index is 1.89. The van der Waals surface area contributed by atoms with E-state index in [1.165, 1.54) is 0 Å². The van der Waals surface area contributed by atoms with Crippen molar-refractivity contribution in [1.29, 1.82) is 0 Å². The van der Waals surface area contributed by atoms with Crippen molar-refractivity contribution < 1.29 is 9.59 Å². The molecule has 1 unspecified atom stereocenters. The molecular formula is C18H21N3O2. The lowest BCUT2D eigenvalue weighted by atomic mass is 10.1. The largest absolute Gasteiger partial charge is 0.355 e. The summed E-state index contributed by atoms with van der Waals surface area (Å²) in [5, 5.41) is 8.52. The van der Waals surface area contributed by atoms with Crippen LogP contribution in [0.25, 0.3) is 0 Å². The number of hydrogen-bond acceptors (Lipinski definition) is 3. The third-order valence-electron chi connectivity index (χ3n) is 3.50. The molecule has 0 spiro atoms. The number of anilines is 1.